The molecule has 0 aliphatic heterocycles. The molecule has 0 aliphatic carbocycles. The number of pyridine rings is 1. The van der Waals surface area contributed by atoms with Crippen molar-refractivity contribution in [2.45, 2.75) is 13.5 Å². The zero-order valence-corrected chi connectivity index (χ0v) is 10.7. The van der Waals surface area contributed by atoms with Gasteiger partial charge in [0.2, 0.25) is 0 Å². The lowest BCUT2D eigenvalue weighted by atomic mass is 10.1. The lowest BCUT2D eigenvalue weighted by Gasteiger charge is -2.10. The summed E-state index contributed by atoms with van der Waals surface area (Å²) in [7, 11) is 0. The standard InChI is InChI=1S/C14H12F2N2O2/c1-8-4-13(10(7-17-8)14(19)20)18-6-9-2-3-11(15)12(16)5-9/h2-5,7H,6H2,1H3,(H,17,18)(H,19,20). The van der Waals surface area contributed by atoms with Crippen molar-refractivity contribution >= 4 is 11.7 Å². The quantitative estimate of drug-likeness (QED) is 0.902. The molecule has 20 heavy (non-hydrogen) atoms. The summed E-state index contributed by atoms with van der Waals surface area (Å²) in [5.41, 5.74) is 1.57. The molecule has 1 aromatic carbocycles. The van der Waals surface area contributed by atoms with Crippen molar-refractivity contribution in [1.29, 1.82) is 0 Å². The summed E-state index contributed by atoms with van der Waals surface area (Å²) in [6, 6.07) is 5.11. The summed E-state index contributed by atoms with van der Waals surface area (Å²) in [6.07, 6.45) is 1.26. The maximum atomic E-state index is 13.1. The van der Waals surface area contributed by atoms with Crippen LogP contribution < -0.4 is 5.32 Å². The first-order valence-electron chi connectivity index (χ1n) is 5.85. The minimum Gasteiger partial charge on any atom is -0.478 e. The van der Waals surface area contributed by atoms with Crippen LogP contribution in [0.4, 0.5) is 14.5 Å². The predicted molar refractivity (Wildman–Crippen MR) is 69.6 cm³/mol. The fourth-order valence-corrected chi connectivity index (χ4v) is 1.72. The molecule has 6 heteroatoms. The van der Waals surface area contributed by atoms with Crippen LogP contribution in [0.15, 0.2) is 30.5 Å². The number of nitrogens with one attached hydrogen (secondary N) is 1. The number of carboxylic acids is 1. The number of hydrogen-bond donors (Lipinski definition) is 2. The Balaban J connectivity index is 2.20. The van der Waals surface area contributed by atoms with Gasteiger partial charge in [0.15, 0.2) is 11.6 Å². The van der Waals surface area contributed by atoms with Crippen LogP contribution >= 0.6 is 0 Å². The topological polar surface area (TPSA) is 62.2 Å². The van der Waals surface area contributed by atoms with Crippen molar-refractivity contribution in [2.24, 2.45) is 0 Å². The van der Waals surface area contributed by atoms with Crippen molar-refractivity contribution in [3.8, 4) is 0 Å². The average Bonchev–Trinajstić information content (AvgIpc) is 2.40. The number of nitrogens with zero attached hydrogens (tertiary/aromatic N) is 1. The minimum atomic E-state index is -1.11. The molecule has 0 aliphatic rings. The summed E-state index contributed by atoms with van der Waals surface area (Å²) < 4.78 is 25.9. The molecule has 0 unspecified atom stereocenters. The van der Waals surface area contributed by atoms with E-state index < -0.39 is 17.6 Å². The van der Waals surface area contributed by atoms with Gasteiger partial charge in [0.05, 0.1) is 5.69 Å². The summed E-state index contributed by atoms with van der Waals surface area (Å²) in [5, 5.41) is 11.9. The van der Waals surface area contributed by atoms with Gasteiger partial charge < -0.3 is 10.4 Å². The van der Waals surface area contributed by atoms with Crippen LogP contribution in [-0.2, 0) is 6.54 Å². The molecule has 0 fully saturated rings. The molecule has 0 saturated heterocycles. The second-order valence-electron chi connectivity index (χ2n) is 4.28. The molecule has 4 nitrogen and oxygen atoms in total. The number of halogens is 2. The molecular weight excluding hydrogens is 266 g/mol. The number of carbonyl (C=O) groups is 1. The van der Waals surface area contributed by atoms with E-state index in [1.165, 1.54) is 12.3 Å². The first kappa shape index (κ1) is 13.9. The van der Waals surface area contributed by atoms with E-state index in [1.807, 2.05) is 0 Å². The number of aromatic nitrogens is 1. The van der Waals surface area contributed by atoms with E-state index in [4.69, 9.17) is 5.11 Å². The van der Waals surface area contributed by atoms with Crippen LogP contribution in [0.25, 0.3) is 0 Å². The number of carboxylic acid groups (broad SMARTS) is 1. The second kappa shape index (κ2) is 5.64. The van der Waals surface area contributed by atoms with Gasteiger partial charge in [-0.15, -0.1) is 0 Å². The van der Waals surface area contributed by atoms with Gasteiger partial charge in [0, 0.05) is 18.4 Å². The SMILES string of the molecule is Cc1cc(NCc2ccc(F)c(F)c2)c(C(=O)O)cn1. The van der Waals surface area contributed by atoms with Gasteiger partial charge in [0.1, 0.15) is 5.56 Å². The van der Waals surface area contributed by atoms with Gasteiger partial charge in [-0.3, -0.25) is 4.98 Å². The largest absolute Gasteiger partial charge is 0.478 e. The summed E-state index contributed by atoms with van der Waals surface area (Å²) in [5.74, 6) is -2.96. The number of aromatic carboxylic acids is 1. The first-order chi connectivity index (χ1) is 9.47. The van der Waals surface area contributed by atoms with E-state index >= 15 is 0 Å². The fourth-order valence-electron chi connectivity index (χ4n) is 1.72. The lowest BCUT2D eigenvalue weighted by Crippen LogP contribution is -2.08. The number of anilines is 1. The van der Waals surface area contributed by atoms with Crippen LogP contribution in [0.5, 0.6) is 0 Å². The Hall–Kier alpha value is -2.50. The van der Waals surface area contributed by atoms with E-state index in [-0.39, 0.29) is 12.1 Å². The Morgan fingerprint density at radius 2 is 2.05 bits per heavy atom. The number of benzene rings is 1. The van der Waals surface area contributed by atoms with E-state index in [0.717, 1.165) is 12.1 Å². The summed E-state index contributed by atoms with van der Waals surface area (Å²) in [6.45, 7) is 1.91. The van der Waals surface area contributed by atoms with Crippen molar-refractivity contribution in [3.05, 3.63) is 58.9 Å². The third-order valence-corrected chi connectivity index (χ3v) is 2.74. The molecule has 0 spiro atoms. The maximum Gasteiger partial charge on any atom is 0.339 e. The highest BCUT2D eigenvalue weighted by molar-refractivity contribution is 5.93. The van der Waals surface area contributed by atoms with Gasteiger partial charge in [-0.1, -0.05) is 6.07 Å². The third-order valence-electron chi connectivity index (χ3n) is 2.74. The van der Waals surface area contributed by atoms with Crippen LogP contribution in [0.3, 0.4) is 0 Å². The van der Waals surface area contributed by atoms with E-state index in [0.29, 0.717) is 16.9 Å². The normalized spacial score (nSPS) is 10.3. The molecule has 0 saturated carbocycles. The molecule has 2 N–H and O–H groups in total. The maximum absolute atomic E-state index is 13.1. The van der Waals surface area contributed by atoms with Crippen LogP contribution in [0.1, 0.15) is 21.6 Å². The monoisotopic (exact) mass is 278 g/mol. The summed E-state index contributed by atoms with van der Waals surface area (Å²) in [4.78, 5) is 15.0. The van der Waals surface area contributed by atoms with Gasteiger partial charge in [-0.2, -0.15) is 0 Å². The van der Waals surface area contributed by atoms with E-state index in [1.54, 1.807) is 13.0 Å². The second-order valence-corrected chi connectivity index (χ2v) is 4.28. The number of rotatable bonds is 4. The first-order valence-corrected chi connectivity index (χ1v) is 5.85. The molecular formula is C14H12F2N2O2. The third kappa shape index (κ3) is 3.09. The molecule has 0 amide bonds. The van der Waals surface area contributed by atoms with Gasteiger partial charge >= 0.3 is 5.97 Å². The number of hydrogen-bond acceptors (Lipinski definition) is 3. The Labute approximate surface area is 114 Å². The van der Waals surface area contributed by atoms with Gasteiger partial charge in [-0.05, 0) is 30.7 Å². The molecule has 0 radical (unpaired) electrons. The highest BCUT2D eigenvalue weighted by Crippen LogP contribution is 2.17. The molecule has 0 atom stereocenters. The highest BCUT2D eigenvalue weighted by atomic mass is 19.2. The van der Waals surface area contributed by atoms with Crippen LogP contribution in [0, 0.1) is 18.6 Å². The Morgan fingerprint density at radius 1 is 1.30 bits per heavy atom. The smallest absolute Gasteiger partial charge is 0.339 e. The van der Waals surface area contributed by atoms with E-state index in [9.17, 15) is 13.6 Å². The Bertz CT molecular complexity index is 660. The highest BCUT2D eigenvalue weighted by Gasteiger charge is 2.11. The molecule has 104 valence electrons. The van der Waals surface area contributed by atoms with Crippen molar-refractivity contribution < 1.29 is 18.7 Å². The summed E-state index contributed by atoms with van der Waals surface area (Å²) >= 11 is 0. The molecule has 1 heterocycles. The van der Waals surface area contributed by atoms with Crippen LogP contribution in [0.2, 0.25) is 0 Å². The van der Waals surface area contributed by atoms with Crippen molar-refractivity contribution in [3.63, 3.8) is 0 Å². The lowest BCUT2D eigenvalue weighted by molar-refractivity contribution is 0.0697. The average molecular weight is 278 g/mol. The van der Waals surface area contributed by atoms with Crippen molar-refractivity contribution in [2.75, 3.05) is 5.32 Å². The Kier molecular flexibility index (Phi) is 3.93. The van der Waals surface area contributed by atoms with Gasteiger partial charge in [-0.25, -0.2) is 13.6 Å². The van der Waals surface area contributed by atoms with Crippen molar-refractivity contribution in [1.82, 2.24) is 4.98 Å². The Morgan fingerprint density at radius 3 is 2.70 bits per heavy atom. The zero-order chi connectivity index (χ0) is 14.7. The molecule has 2 aromatic rings. The van der Waals surface area contributed by atoms with E-state index in [2.05, 4.69) is 10.3 Å². The number of aryl methyl sites for hydroxylation is 1. The molecule has 2 rings (SSSR count). The van der Waals surface area contributed by atoms with Gasteiger partial charge in [0.25, 0.3) is 0 Å². The molecule has 0 bridgehead atoms. The zero-order valence-electron chi connectivity index (χ0n) is 10.7. The predicted octanol–water partition coefficient (Wildman–Crippen LogP) is 2.98. The minimum absolute atomic E-state index is 0.0261. The fraction of sp³-hybridized carbons (Fsp3) is 0.143. The molecule has 1 aromatic heterocycles. The van der Waals surface area contributed by atoms with Crippen LogP contribution in [-0.4, -0.2) is 16.1 Å².